The summed E-state index contributed by atoms with van der Waals surface area (Å²) < 4.78 is 5.71. The molecular weight excluding hydrogens is 366 g/mol. The fourth-order valence-electron chi connectivity index (χ4n) is 2.97. The smallest absolute Gasteiger partial charge is 0.337 e. The van der Waals surface area contributed by atoms with Crippen molar-refractivity contribution in [3.63, 3.8) is 0 Å². The Morgan fingerprint density at radius 1 is 0.786 bits per heavy atom. The van der Waals surface area contributed by atoms with E-state index in [1.165, 1.54) is 18.2 Å². The van der Waals surface area contributed by atoms with E-state index in [2.05, 4.69) is 5.32 Å². The number of benzene rings is 3. The number of ether oxygens (including phenoxy) is 1. The molecule has 0 aliphatic carbocycles. The Morgan fingerprint density at radius 3 is 2.18 bits per heavy atom. The van der Waals surface area contributed by atoms with Gasteiger partial charge in [-0.15, -0.1) is 0 Å². The first-order chi connectivity index (χ1) is 13.3. The molecule has 0 saturated carbocycles. The van der Waals surface area contributed by atoms with Crippen molar-refractivity contribution in [3.8, 4) is 34.1 Å². The lowest BCUT2D eigenvalue weighted by molar-refractivity contribution is 0.0696. The van der Waals surface area contributed by atoms with Crippen molar-refractivity contribution in [2.24, 2.45) is 0 Å². The van der Waals surface area contributed by atoms with E-state index in [0.717, 1.165) is 6.07 Å². The van der Waals surface area contributed by atoms with Crippen molar-refractivity contribution in [1.82, 2.24) is 0 Å². The van der Waals surface area contributed by atoms with Gasteiger partial charge in [0, 0.05) is 0 Å². The second kappa shape index (κ2) is 6.20. The molecule has 0 spiro atoms. The summed E-state index contributed by atoms with van der Waals surface area (Å²) >= 11 is 0. The van der Waals surface area contributed by atoms with Crippen LogP contribution in [-0.4, -0.2) is 32.4 Å². The minimum atomic E-state index is -1.29. The Balaban J connectivity index is 1.79. The van der Waals surface area contributed by atoms with E-state index in [0.29, 0.717) is 22.6 Å². The van der Waals surface area contributed by atoms with E-state index >= 15 is 0 Å². The normalized spacial score (nSPS) is 11.6. The summed E-state index contributed by atoms with van der Waals surface area (Å²) in [5.74, 6) is -2.57. The molecule has 0 radical (unpaired) electrons. The Bertz CT molecular complexity index is 1150. The van der Waals surface area contributed by atoms with Crippen molar-refractivity contribution < 1.29 is 34.8 Å². The first-order valence-corrected chi connectivity index (χ1v) is 8.09. The van der Waals surface area contributed by atoms with Crippen molar-refractivity contribution in [3.05, 3.63) is 59.7 Å². The highest BCUT2D eigenvalue weighted by Gasteiger charge is 2.25. The summed E-state index contributed by atoms with van der Waals surface area (Å²) in [7, 11) is 0. The summed E-state index contributed by atoms with van der Waals surface area (Å²) in [5, 5.41) is 40.8. The monoisotopic (exact) mass is 379 g/mol. The number of rotatable bonds is 3. The van der Waals surface area contributed by atoms with Crippen LogP contribution in [0.3, 0.4) is 0 Å². The van der Waals surface area contributed by atoms with Crippen LogP contribution in [-0.2, 0) is 0 Å². The molecule has 0 fully saturated rings. The van der Waals surface area contributed by atoms with Gasteiger partial charge in [-0.1, -0.05) is 12.1 Å². The van der Waals surface area contributed by atoms with Gasteiger partial charge in [-0.3, -0.25) is 0 Å². The number of hydrogen-bond acceptors (Lipinski definition) is 6. The number of aromatic carboxylic acids is 2. The Hall–Kier alpha value is -4.20. The van der Waals surface area contributed by atoms with Crippen LogP contribution >= 0.6 is 0 Å². The van der Waals surface area contributed by atoms with Crippen LogP contribution in [0.1, 0.15) is 20.7 Å². The number of phenols is 2. The van der Waals surface area contributed by atoms with Crippen molar-refractivity contribution in [2.45, 2.75) is 0 Å². The highest BCUT2D eigenvalue weighted by Crippen LogP contribution is 2.46. The van der Waals surface area contributed by atoms with Gasteiger partial charge >= 0.3 is 11.9 Å². The van der Waals surface area contributed by atoms with Gasteiger partial charge in [0.25, 0.3) is 0 Å². The summed E-state index contributed by atoms with van der Waals surface area (Å²) in [4.78, 5) is 22.8. The summed E-state index contributed by atoms with van der Waals surface area (Å²) in [6.07, 6.45) is 0. The average molecular weight is 379 g/mol. The number of hydrogen-bond donors (Lipinski definition) is 5. The highest BCUT2D eigenvalue weighted by molar-refractivity contribution is 6.02. The summed E-state index contributed by atoms with van der Waals surface area (Å²) in [6, 6.07) is 11.8. The molecule has 5 N–H and O–H groups in total. The zero-order valence-corrected chi connectivity index (χ0v) is 14.1. The Labute approximate surface area is 157 Å². The third-order valence-electron chi connectivity index (χ3n) is 4.35. The second-order valence-corrected chi connectivity index (χ2v) is 6.15. The molecule has 1 aliphatic rings. The molecule has 8 heteroatoms. The van der Waals surface area contributed by atoms with E-state index < -0.39 is 11.9 Å². The van der Waals surface area contributed by atoms with Crippen molar-refractivity contribution in [1.29, 1.82) is 0 Å². The van der Waals surface area contributed by atoms with E-state index in [-0.39, 0.29) is 34.1 Å². The number of carboxylic acids is 2. The predicted molar refractivity (Wildman–Crippen MR) is 98.9 cm³/mol. The van der Waals surface area contributed by atoms with Crippen molar-refractivity contribution >= 4 is 23.3 Å². The third kappa shape index (κ3) is 2.82. The maximum atomic E-state index is 11.6. The molecule has 140 valence electrons. The van der Waals surface area contributed by atoms with E-state index in [1.807, 2.05) is 0 Å². The van der Waals surface area contributed by atoms with Crippen molar-refractivity contribution in [2.75, 3.05) is 5.32 Å². The predicted octanol–water partition coefficient (Wildman–Crippen LogP) is 4.01. The molecule has 0 unspecified atom stereocenters. The van der Waals surface area contributed by atoms with Gasteiger partial charge in [-0.2, -0.15) is 0 Å². The molecule has 28 heavy (non-hydrogen) atoms. The van der Waals surface area contributed by atoms with E-state index in [1.54, 1.807) is 24.3 Å². The fraction of sp³-hybridized carbons (Fsp3) is 0. The number of anilines is 2. The third-order valence-corrected chi connectivity index (χ3v) is 4.35. The quantitative estimate of drug-likeness (QED) is 0.337. The van der Waals surface area contributed by atoms with Crippen LogP contribution < -0.4 is 10.1 Å². The zero-order chi connectivity index (χ0) is 20.0. The Kier molecular flexibility index (Phi) is 3.82. The number of aromatic hydroxyl groups is 2. The number of carboxylic acid groups (broad SMARTS) is 2. The first kappa shape index (κ1) is 17.2. The number of nitrogens with one attached hydrogen (secondary N) is 1. The minimum Gasteiger partial charge on any atom is -0.504 e. The molecule has 0 amide bonds. The molecule has 0 aromatic heterocycles. The maximum absolute atomic E-state index is 11.6. The summed E-state index contributed by atoms with van der Waals surface area (Å²) in [5.41, 5.74) is 1.52. The second-order valence-electron chi connectivity index (χ2n) is 6.15. The average Bonchev–Trinajstić information content (AvgIpc) is 2.67. The molecular formula is C20H13NO7. The molecule has 0 atom stereocenters. The highest BCUT2D eigenvalue weighted by atomic mass is 16.5. The number of phenolic OH excluding ortho intramolecular Hbond substituents is 2. The molecule has 4 rings (SSSR count). The molecule has 8 nitrogen and oxygen atoms in total. The largest absolute Gasteiger partial charge is 0.504 e. The van der Waals surface area contributed by atoms with E-state index in [4.69, 9.17) is 4.74 Å². The SMILES string of the molecule is O=C(O)c1cc2c(c(C(=O)O)c1)Nc1cc(-c3ccc(O)c(O)c3)ccc1O2. The van der Waals surface area contributed by atoms with Gasteiger partial charge in [0.05, 0.1) is 22.5 Å². The molecule has 3 aromatic rings. The maximum Gasteiger partial charge on any atom is 0.337 e. The van der Waals surface area contributed by atoms with Gasteiger partial charge in [-0.25, -0.2) is 9.59 Å². The lowest BCUT2D eigenvalue weighted by Crippen LogP contribution is -2.11. The van der Waals surface area contributed by atoms with Gasteiger partial charge in [0.15, 0.2) is 23.0 Å². The van der Waals surface area contributed by atoms with E-state index in [9.17, 15) is 30.0 Å². The number of carbonyl (C=O) groups is 2. The van der Waals surface area contributed by atoms with Gasteiger partial charge < -0.3 is 30.5 Å². The topological polar surface area (TPSA) is 136 Å². The van der Waals surface area contributed by atoms with Gasteiger partial charge in [0.2, 0.25) is 0 Å². The first-order valence-electron chi connectivity index (χ1n) is 8.09. The Morgan fingerprint density at radius 2 is 1.50 bits per heavy atom. The van der Waals surface area contributed by atoms with Gasteiger partial charge in [0.1, 0.15) is 0 Å². The lowest BCUT2D eigenvalue weighted by atomic mass is 10.0. The zero-order valence-electron chi connectivity index (χ0n) is 14.1. The number of fused-ring (bicyclic) bond motifs is 2. The minimum absolute atomic E-state index is 0.0971. The van der Waals surface area contributed by atoms with Crippen LogP contribution in [0.5, 0.6) is 23.0 Å². The standard InChI is InChI=1S/C20H13NO7/c22-14-3-1-10(7-15(14)23)9-2-4-16-13(6-9)21-18-12(20(26)27)5-11(19(24)25)8-17(18)28-16/h1-8,21-23H,(H,24,25)(H,26,27). The van der Waals surface area contributed by atoms with Crippen LogP contribution in [0.25, 0.3) is 11.1 Å². The molecule has 1 aliphatic heterocycles. The van der Waals surface area contributed by atoms with Crippen LogP contribution in [0.4, 0.5) is 11.4 Å². The molecule has 0 saturated heterocycles. The van der Waals surface area contributed by atoms with Crippen LogP contribution in [0.15, 0.2) is 48.5 Å². The molecule has 3 aromatic carbocycles. The summed E-state index contributed by atoms with van der Waals surface area (Å²) in [6.45, 7) is 0. The molecule has 1 heterocycles. The lowest BCUT2D eigenvalue weighted by Gasteiger charge is -2.24. The molecule has 0 bridgehead atoms. The van der Waals surface area contributed by atoms with Crippen LogP contribution in [0, 0.1) is 0 Å². The van der Waals surface area contributed by atoms with Gasteiger partial charge in [-0.05, 0) is 47.5 Å². The van der Waals surface area contributed by atoms with Crippen LogP contribution in [0.2, 0.25) is 0 Å². The fourth-order valence-corrected chi connectivity index (χ4v) is 2.97.